The van der Waals surface area contributed by atoms with E-state index < -0.39 is 0 Å². The molecular weight excluding hydrogens is 210 g/mol. The van der Waals surface area contributed by atoms with Crippen molar-refractivity contribution in [1.82, 2.24) is 10.3 Å². The quantitative estimate of drug-likeness (QED) is 0.567. The monoisotopic (exact) mass is 237 g/mol. The predicted molar refractivity (Wildman–Crippen MR) is 70.4 cm³/mol. The lowest BCUT2D eigenvalue weighted by Crippen LogP contribution is -2.48. The van der Waals surface area contributed by atoms with Crippen LogP contribution in [0, 0.1) is 11.8 Å². The molecular formula is C14H27N3. The largest absolute Gasteiger partial charge is 0.300 e. The highest BCUT2D eigenvalue weighted by molar-refractivity contribution is 4.96. The van der Waals surface area contributed by atoms with E-state index in [0.717, 1.165) is 23.9 Å². The van der Waals surface area contributed by atoms with Gasteiger partial charge in [-0.1, -0.05) is 12.8 Å². The number of nitrogens with zero attached hydrogens (tertiary/aromatic N) is 1. The smallest absolute Gasteiger partial charge is 0.0240 e. The molecule has 0 spiro atoms. The maximum Gasteiger partial charge on any atom is 0.0240 e. The molecule has 0 aromatic heterocycles. The topological polar surface area (TPSA) is 41.3 Å². The lowest BCUT2D eigenvalue weighted by molar-refractivity contribution is 0.109. The molecule has 2 heterocycles. The van der Waals surface area contributed by atoms with Crippen molar-refractivity contribution < 1.29 is 0 Å². The second kappa shape index (κ2) is 4.87. The van der Waals surface area contributed by atoms with Gasteiger partial charge < -0.3 is 4.90 Å². The van der Waals surface area contributed by atoms with Crippen LogP contribution in [0.4, 0.5) is 0 Å². The molecule has 3 N–H and O–H groups in total. The van der Waals surface area contributed by atoms with Gasteiger partial charge in [0.2, 0.25) is 0 Å². The second-order valence-electron chi connectivity index (χ2n) is 6.58. The standard InChI is InChI=1S/C14H27N3/c1-17-12-5-6-13(17)9-11(8-12)14(16-15)7-4-10-2-3-10/h10-14,16H,2-9,15H2,1H3. The van der Waals surface area contributed by atoms with Gasteiger partial charge in [0.15, 0.2) is 0 Å². The Hall–Kier alpha value is -0.120. The van der Waals surface area contributed by atoms with Crippen molar-refractivity contribution in [2.24, 2.45) is 17.7 Å². The fourth-order valence-corrected chi connectivity index (χ4v) is 4.06. The van der Waals surface area contributed by atoms with Gasteiger partial charge in [-0.3, -0.25) is 11.3 Å². The van der Waals surface area contributed by atoms with Crippen molar-refractivity contribution in [1.29, 1.82) is 0 Å². The van der Waals surface area contributed by atoms with Gasteiger partial charge in [-0.2, -0.15) is 0 Å². The number of rotatable bonds is 5. The van der Waals surface area contributed by atoms with E-state index in [1.807, 2.05) is 0 Å². The van der Waals surface area contributed by atoms with Gasteiger partial charge in [0.1, 0.15) is 0 Å². The number of fused-ring (bicyclic) bond motifs is 2. The first kappa shape index (κ1) is 11.9. The summed E-state index contributed by atoms with van der Waals surface area (Å²) in [6.45, 7) is 0. The van der Waals surface area contributed by atoms with Crippen LogP contribution in [0.2, 0.25) is 0 Å². The van der Waals surface area contributed by atoms with Crippen LogP contribution in [0.15, 0.2) is 0 Å². The fraction of sp³-hybridized carbons (Fsp3) is 1.00. The SMILES string of the molecule is CN1C2CCC1CC(C(CCC1CC1)NN)C2. The van der Waals surface area contributed by atoms with Gasteiger partial charge in [-0.15, -0.1) is 0 Å². The summed E-state index contributed by atoms with van der Waals surface area (Å²) in [5.74, 6) is 7.65. The summed E-state index contributed by atoms with van der Waals surface area (Å²) in [6.07, 6.45) is 11.2. The minimum absolute atomic E-state index is 0.576. The second-order valence-corrected chi connectivity index (χ2v) is 6.58. The molecule has 3 atom stereocenters. The first-order valence-corrected chi connectivity index (χ1v) is 7.46. The van der Waals surface area contributed by atoms with Crippen molar-refractivity contribution in [2.75, 3.05) is 7.05 Å². The molecule has 3 rings (SSSR count). The fourth-order valence-electron chi connectivity index (χ4n) is 4.06. The minimum Gasteiger partial charge on any atom is -0.300 e. The number of nitrogens with two attached hydrogens (primary N) is 1. The molecule has 3 heteroatoms. The Morgan fingerprint density at radius 3 is 2.35 bits per heavy atom. The third-order valence-electron chi connectivity index (χ3n) is 5.50. The molecule has 1 saturated carbocycles. The molecule has 0 aromatic carbocycles. The number of hydrogen-bond acceptors (Lipinski definition) is 3. The van der Waals surface area contributed by atoms with Crippen LogP contribution in [0.1, 0.15) is 51.4 Å². The minimum atomic E-state index is 0.576. The van der Waals surface area contributed by atoms with Gasteiger partial charge in [-0.05, 0) is 57.4 Å². The van der Waals surface area contributed by atoms with Crippen molar-refractivity contribution in [2.45, 2.75) is 69.5 Å². The zero-order valence-electron chi connectivity index (χ0n) is 11.1. The van der Waals surface area contributed by atoms with Crippen molar-refractivity contribution in [3.05, 3.63) is 0 Å². The van der Waals surface area contributed by atoms with Crippen LogP contribution in [0.3, 0.4) is 0 Å². The molecule has 0 radical (unpaired) electrons. The van der Waals surface area contributed by atoms with Crippen LogP contribution in [-0.2, 0) is 0 Å². The average molecular weight is 237 g/mol. The van der Waals surface area contributed by atoms with E-state index in [1.165, 1.54) is 51.4 Å². The Kier molecular flexibility index (Phi) is 3.42. The molecule has 2 aliphatic heterocycles. The molecule has 98 valence electrons. The maximum atomic E-state index is 5.79. The number of piperidine rings is 1. The average Bonchev–Trinajstić information content (AvgIpc) is 3.11. The Labute approximate surface area is 105 Å². The predicted octanol–water partition coefficient (Wildman–Crippen LogP) is 1.88. The number of nitrogens with one attached hydrogen (secondary N) is 1. The van der Waals surface area contributed by atoms with Gasteiger partial charge in [0.25, 0.3) is 0 Å². The summed E-state index contributed by atoms with van der Waals surface area (Å²) >= 11 is 0. The summed E-state index contributed by atoms with van der Waals surface area (Å²) in [7, 11) is 2.31. The molecule has 1 aliphatic carbocycles. The highest BCUT2D eigenvalue weighted by Crippen LogP contribution is 2.40. The third-order valence-corrected chi connectivity index (χ3v) is 5.50. The molecule has 3 unspecified atom stereocenters. The first-order valence-electron chi connectivity index (χ1n) is 7.46. The Balaban J connectivity index is 1.55. The van der Waals surface area contributed by atoms with Crippen molar-refractivity contribution >= 4 is 0 Å². The van der Waals surface area contributed by atoms with Crippen LogP contribution in [0.5, 0.6) is 0 Å². The Bertz CT molecular complexity index is 250. The molecule has 2 saturated heterocycles. The first-order chi connectivity index (χ1) is 8.28. The molecule has 3 fully saturated rings. The molecule has 0 amide bonds. The summed E-state index contributed by atoms with van der Waals surface area (Å²) in [5.41, 5.74) is 3.12. The number of hydrogen-bond donors (Lipinski definition) is 2. The van der Waals surface area contributed by atoms with E-state index in [0.29, 0.717) is 6.04 Å². The third kappa shape index (κ3) is 2.51. The molecule has 2 bridgehead atoms. The highest BCUT2D eigenvalue weighted by Gasteiger charge is 2.40. The molecule has 0 aromatic rings. The van der Waals surface area contributed by atoms with Crippen LogP contribution in [-0.4, -0.2) is 30.1 Å². The van der Waals surface area contributed by atoms with Crippen LogP contribution >= 0.6 is 0 Å². The van der Waals surface area contributed by atoms with E-state index >= 15 is 0 Å². The maximum absolute atomic E-state index is 5.79. The summed E-state index contributed by atoms with van der Waals surface area (Å²) in [6, 6.07) is 2.26. The lowest BCUT2D eigenvalue weighted by atomic mass is 9.83. The van der Waals surface area contributed by atoms with E-state index in [9.17, 15) is 0 Å². The number of hydrazine groups is 1. The lowest BCUT2D eigenvalue weighted by Gasteiger charge is -2.39. The van der Waals surface area contributed by atoms with Crippen molar-refractivity contribution in [3.63, 3.8) is 0 Å². The van der Waals surface area contributed by atoms with Gasteiger partial charge >= 0.3 is 0 Å². The summed E-state index contributed by atoms with van der Waals surface area (Å²) < 4.78 is 0. The van der Waals surface area contributed by atoms with Crippen LogP contribution in [0.25, 0.3) is 0 Å². The van der Waals surface area contributed by atoms with Gasteiger partial charge in [-0.25, -0.2) is 0 Å². The van der Waals surface area contributed by atoms with E-state index in [1.54, 1.807) is 0 Å². The molecule has 3 aliphatic rings. The van der Waals surface area contributed by atoms with E-state index in [2.05, 4.69) is 17.4 Å². The van der Waals surface area contributed by atoms with E-state index in [-0.39, 0.29) is 0 Å². The Morgan fingerprint density at radius 2 is 1.82 bits per heavy atom. The molecule has 17 heavy (non-hydrogen) atoms. The zero-order chi connectivity index (χ0) is 11.8. The van der Waals surface area contributed by atoms with Crippen LogP contribution < -0.4 is 11.3 Å². The van der Waals surface area contributed by atoms with E-state index in [4.69, 9.17) is 5.84 Å². The van der Waals surface area contributed by atoms with Gasteiger partial charge in [0.05, 0.1) is 0 Å². The highest BCUT2D eigenvalue weighted by atomic mass is 15.2. The molecule has 3 nitrogen and oxygen atoms in total. The van der Waals surface area contributed by atoms with Crippen molar-refractivity contribution in [3.8, 4) is 0 Å². The Morgan fingerprint density at radius 1 is 1.18 bits per heavy atom. The summed E-state index contributed by atoms with van der Waals surface area (Å²) in [5, 5.41) is 0. The summed E-state index contributed by atoms with van der Waals surface area (Å²) in [4.78, 5) is 2.62. The van der Waals surface area contributed by atoms with Gasteiger partial charge in [0, 0.05) is 18.1 Å². The zero-order valence-corrected chi connectivity index (χ0v) is 11.1. The normalized spacial score (nSPS) is 39.5.